The van der Waals surface area contributed by atoms with E-state index in [0.29, 0.717) is 5.75 Å². The molecule has 1 atom stereocenters. The number of carbonyl (C=O) groups is 1. The number of hydrogen-bond acceptors (Lipinski definition) is 5. The number of ether oxygens (including phenoxy) is 1. The second-order valence-corrected chi connectivity index (χ2v) is 5.29. The maximum Gasteiger partial charge on any atom is 0.241 e. The minimum atomic E-state index is -3.87. The predicted molar refractivity (Wildman–Crippen MR) is 62.4 cm³/mol. The molecule has 0 aliphatic heterocycles. The molecule has 6 nitrogen and oxygen atoms in total. The molecule has 1 aromatic carbocycles. The molecule has 0 amide bonds. The van der Waals surface area contributed by atoms with E-state index in [1.54, 1.807) is 6.92 Å². The summed E-state index contributed by atoms with van der Waals surface area (Å²) < 4.78 is 30.7. The molecule has 1 N–H and O–H groups in total. The third-order valence-electron chi connectivity index (χ3n) is 2.36. The monoisotopic (exact) mass is 272 g/mol. The molecule has 7 heteroatoms. The number of benzene rings is 1. The van der Waals surface area contributed by atoms with Gasteiger partial charge in [0, 0.05) is 0 Å². The van der Waals surface area contributed by atoms with Gasteiger partial charge in [0.2, 0.25) is 10.0 Å². The summed E-state index contributed by atoms with van der Waals surface area (Å²) in [4.78, 5) is 10.7. The Morgan fingerprint density at radius 2 is 1.94 bits per heavy atom. The van der Waals surface area contributed by atoms with Crippen molar-refractivity contribution in [3.05, 3.63) is 24.3 Å². The van der Waals surface area contributed by atoms with E-state index in [-0.39, 0.29) is 11.3 Å². The summed E-state index contributed by atoms with van der Waals surface area (Å²) in [6.07, 6.45) is 0.109. The fourth-order valence-corrected chi connectivity index (χ4v) is 2.58. The molecule has 0 bridgehead atoms. The van der Waals surface area contributed by atoms with Crippen molar-refractivity contribution in [2.75, 3.05) is 7.11 Å². The van der Waals surface area contributed by atoms with Crippen molar-refractivity contribution < 1.29 is 23.1 Å². The van der Waals surface area contributed by atoms with Crippen LogP contribution in [-0.2, 0) is 14.8 Å². The summed E-state index contributed by atoms with van der Waals surface area (Å²) >= 11 is 0. The van der Waals surface area contributed by atoms with Gasteiger partial charge in [-0.2, -0.15) is 0 Å². The van der Waals surface area contributed by atoms with E-state index in [4.69, 9.17) is 4.74 Å². The molecule has 0 saturated carbocycles. The first kappa shape index (κ1) is 14.5. The molecular weight excluding hydrogens is 258 g/mol. The third-order valence-corrected chi connectivity index (χ3v) is 3.85. The summed E-state index contributed by atoms with van der Waals surface area (Å²) in [6, 6.07) is 4.40. The Morgan fingerprint density at radius 1 is 1.39 bits per heavy atom. The standard InChI is InChI=1S/C11H15NO5S/c1-3-10(11(13)14)12-18(15,16)9-6-4-8(17-2)5-7-9/h4-7,10,12H,3H2,1-2H3,(H,13,14)/p-1/t10-/m1/s1. The highest BCUT2D eigenvalue weighted by atomic mass is 32.2. The van der Waals surface area contributed by atoms with Crippen molar-refractivity contribution >= 4 is 16.0 Å². The zero-order valence-corrected chi connectivity index (χ0v) is 10.9. The van der Waals surface area contributed by atoms with Crippen LogP contribution in [0.5, 0.6) is 5.75 Å². The summed E-state index contributed by atoms with van der Waals surface area (Å²) in [6.45, 7) is 1.55. The van der Waals surface area contributed by atoms with Gasteiger partial charge in [0.25, 0.3) is 0 Å². The minimum Gasteiger partial charge on any atom is -0.548 e. The number of carboxylic acids is 1. The van der Waals surface area contributed by atoms with Crippen LogP contribution in [-0.4, -0.2) is 27.5 Å². The van der Waals surface area contributed by atoms with E-state index in [1.807, 2.05) is 0 Å². The van der Waals surface area contributed by atoms with Crippen molar-refractivity contribution in [3.8, 4) is 5.75 Å². The van der Waals surface area contributed by atoms with Crippen LogP contribution in [0.25, 0.3) is 0 Å². The maximum atomic E-state index is 11.9. The van der Waals surface area contributed by atoms with Gasteiger partial charge in [-0.05, 0) is 30.7 Å². The number of nitrogens with one attached hydrogen (secondary N) is 1. The van der Waals surface area contributed by atoms with Crippen molar-refractivity contribution in [1.82, 2.24) is 4.72 Å². The van der Waals surface area contributed by atoms with Gasteiger partial charge in [-0.1, -0.05) is 6.92 Å². The van der Waals surface area contributed by atoms with E-state index in [1.165, 1.54) is 31.4 Å². The van der Waals surface area contributed by atoms with Crippen LogP contribution in [0.1, 0.15) is 13.3 Å². The lowest BCUT2D eigenvalue weighted by Crippen LogP contribution is -2.47. The quantitative estimate of drug-likeness (QED) is 0.753. The van der Waals surface area contributed by atoms with Gasteiger partial charge in [-0.3, -0.25) is 0 Å². The predicted octanol–water partition coefficient (Wildman–Crippen LogP) is -0.498. The number of sulfonamides is 1. The molecule has 0 aliphatic rings. The van der Waals surface area contributed by atoms with Crippen molar-refractivity contribution in [3.63, 3.8) is 0 Å². The van der Waals surface area contributed by atoms with E-state index in [0.717, 1.165) is 0 Å². The molecule has 100 valence electrons. The first-order valence-electron chi connectivity index (χ1n) is 5.28. The molecule has 0 saturated heterocycles. The van der Waals surface area contributed by atoms with Gasteiger partial charge >= 0.3 is 0 Å². The number of methoxy groups -OCH3 is 1. The lowest BCUT2D eigenvalue weighted by Gasteiger charge is -2.17. The first-order valence-corrected chi connectivity index (χ1v) is 6.76. The van der Waals surface area contributed by atoms with Crippen LogP contribution in [0.15, 0.2) is 29.2 Å². The topological polar surface area (TPSA) is 95.5 Å². The van der Waals surface area contributed by atoms with Crippen LogP contribution < -0.4 is 14.6 Å². The third kappa shape index (κ3) is 3.44. The second kappa shape index (κ2) is 5.83. The molecule has 0 aliphatic carbocycles. The highest BCUT2D eigenvalue weighted by Crippen LogP contribution is 2.15. The highest BCUT2D eigenvalue weighted by Gasteiger charge is 2.19. The smallest absolute Gasteiger partial charge is 0.241 e. The highest BCUT2D eigenvalue weighted by molar-refractivity contribution is 7.89. The molecule has 0 unspecified atom stereocenters. The zero-order valence-electron chi connectivity index (χ0n) is 10.0. The van der Waals surface area contributed by atoms with Crippen molar-refractivity contribution in [1.29, 1.82) is 0 Å². The average molecular weight is 272 g/mol. The SMILES string of the molecule is CC[C@@H](NS(=O)(=O)c1ccc(OC)cc1)C(=O)[O-]. The number of carboxylic acid groups (broad SMARTS) is 1. The lowest BCUT2D eigenvalue weighted by atomic mass is 10.2. The summed E-state index contributed by atoms with van der Waals surface area (Å²) in [5.41, 5.74) is 0. The van der Waals surface area contributed by atoms with Gasteiger partial charge < -0.3 is 14.6 Å². The molecule has 18 heavy (non-hydrogen) atoms. The van der Waals surface area contributed by atoms with Gasteiger partial charge in [0.05, 0.1) is 24.0 Å². The largest absolute Gasteiger partial charge is 0.548 e. The Hall–Kier alpha value is -1.60. The number of aliphatic carboxylic acids is 1. The molecule has 0 aromatic heterocycles. The average Bonchev–Trinajstić information content (AvgIpc) is 2.35. The molecule has 0 radical (unpaired) electrons. The van der Waals surface area contributed by atoms with Crippen LogP contribution in [0.4, 0.5) is 0 Å². The fraction of sp³-hybridized carbons (Fsp3) is 0.364. The maximum absolute atomic E-state index is 11.9. The lowest BCUT2D eigenvalue weighted by molar-refractivity contribution is -0.308. The molecular formula is C11H14NO5S-. The fourth-order valence-electron chi connectivity index (χ4n) is 1.31. The van der Waals surface area contributed by atoms with Gasteiger partial charge in [-0.25, -0.2) is 13.1 Å². The van der Waals surface area contributed by atoms with E-state index < -0.39 is 22.0 Å². The van der Waals surface area contributed by atoms with Crippen molar-refractivity contribution in [2.45, 2.75) is 24.3 Å². The van der Waals surface area contributed by atoms with Crippen LogP contribution in [0.2, 0.25) is 0 Å². The molecule has 0 fully saturated rings. The second-order valence-electron chi connectivity index (χ2n) is 3.58. The van der Waals surface area contributed by atoms with Gasteiger partial charge in [0.15, 0.2) is 0 Å². The van der Waals surface area contributed by atoms with E-state index >= 15 is 0 Å². The summed E-state index contributed by atoms with van der Waals surface area (Å²) in [7, 11) is -2.40. The normalized spacial score (nSPS) is 13.0. The molecule has 1 rings (SSSR count). The Kier molecular flexibility index (Phi) is 4.69. The number of rotatable bonds is 6. The molecule has 0 spiro atoms. The molecule has 1 aromatic rings. The first-order chi connectivity index (χ1) is 8.40. The van der Waals surface area contributed by atoms with Crippen LogP contribution >= 0.6 is 0 Å². The Morgan fingerprint density at radius 3 is 2.33 bits per heavy atom. The zero-order chi connectivity index (χ0) is 13.8. The van der Waals surface area contributed by atoms with Gasteiger partial charge in [-0.15, -0.1) is 0 Å². The summed E-state index contributed by atoms with van der Waals surface area (Å²) in [5, 5.41) is 10.7. The summed E-state index contributed by atoms with van der Waals surface area (Å²) in [5.74, 6) is -0.935. The van der Waals surface area contributed by atoms with Crippen molar-refractivity contribution in [2.24, 2.45) is 0 Å². The Labute approximate surface area is 106 Å². The van der Waals surface area contributed by atoms with Crippen LogP contribution in [0.3, 0.4) is 0 Å². The number of hydrogen-bond donors (Lipinski definition) is 1. The van der Waals surface area contributed by atoms with E-state index in [2.05, 4.69) is 4.72 Å². The van der Waals surface area contributed by atoms with E-state index in [9.17, 15) is 18.3 Å². The van der Waals surface area contributed by atoms with Gasteiger partial charge in [0.1, 0.15) is 5.75 Å². The van der Waals surface area contributed by atoms with Crippen LogP contribution in [0, 0.1) is 0 Å². The number of carbonyl (C=O) groups excluding carboxylic acids is 1. The Bertz CT molecular complexity index is 509. The Balaban J connectivity index is 2.95. The molecule has 0 heterocycles. The minimum absolute atomic E-state index is 0.0250.